The molecule has 0 radical (unpaired) electrons. The van der Waals surface area contributed by atoms with Crippen molar-refractivity contribution < 1.29 is 0 Å². The van der Waals surface area contributed by atoms with Gasteiger partial charge in [0.15, 0.2) is 5.96 Å². The van der Waals surface area contributed by atoms with Gasteiger partial charge >= 0.3 is 0 Å². The molecule has 0 spiro atoms. The second-order valence-corrected chi connectivity index (χ2v) is 7.08. The van der Waals surface area contributed by atoms with Gasteiger partial charge in [0, 0.05) is 44.2 Å². The Hall–Kier alpha value is -1.16. The second kappa shape index (κ2) is 9.51. The third-order valence-electron chi connectivity index (χ3n) is 4.31. The average molecular weight is 474 g/mol. The van der Waals surface area contributed by atoms with Crippen LogP contribution in [-0.2, 0) is 20.0 Å². The number of halogens is 1. The topological polar surface area (TPSA) is 58.3 Å². The predicted molar refractivity (Wildman–Crippen MR) is 114 cm³/mol. The molecule has 1 aliphatic heterocycles. The highest BCUT2D eigenvalue weighted by Gasteiger charge is 2.26. The summed E-state index contributed by atoms with van der Waals surface area (Å²) in [6.07, 6.45) is 6.25. The van der Waals surface area contributed by atoms with Gasteiger partial charge in [0.2, 0.25) is 0 Å². The Balaban J connectivity index is 0.00000225. The van der Waals surface area contributed by atoms with Gasteiger partial charge in [-0.3, -0.25) is 4.68 Å². The van der Waals surface area contributed by atoms with Crippen molar-refractivity contribution in [2.45, 2.75) is 39.2 Å². The summed E-state index contributed by atoms with van der Waals surface area (Å²) in [5, 5.41) is 11.0. The Morgan fingerprint density at radius 3 is 2.92 bits per heavy atom. The first-order valence-corrected chi connectivity index (χ1v) is 9.52. The van der Waals surface area contributed by atoms with Crippen LogP contribution in [0, 0.1) is 0 Å². The largest absolute Gasteiger partial charge is 0.357 e. The first-order valence-electron chi connectivity index (χ1n) is 8.64. The summed E-state index contributed by atoms with van der Waals surface area (Å²) in [6, 6.07) is 0. The average Bonchev–Trinajstić information content (AvgIpc) is 3.31. The lowest BCUT2D eigenvalue weighted by Gasteiger charge is -2.21. The molecule has 0 aromatic carbocycles. The fraction of sp³-hybridized carbons (Fsp3) is 0.588. The minimum atomic E-state index is 0. The monoisotopic (exact) mass is 474 g/mol. The Morgan fingerprint density at radius 2 is 2.28 bits per heavy atom. The van der Waals surface area contributed by atoms with Crippen molar-refractivity contribution in [3.63, 3.8) is 0 Å². The number of nitrogens with zero attached hydrogens (tertiary/aromatic N) is 5. The quantitative estimate of drug-likeness (QED) is 0.411. The van der Waals surface area contributed by atoms with Crippen LogP contribution in [0.1, 0.15) is 42.5 Å². The van der Waals surface area contributed by atoms with E-state index in [1.807, 2.05) is 17.9 Å². The van der Waals surface area contributed by atoms with Crippen molar-refractivity contribution in [2.75, 3.05) is 19.6 Å². The van der Waals surface area contributed by atoms with Crippen LogP contribution < -0.4 is 5.32 Å². The molecule has 3 rings (SSSR count). The van der Waals surface area contributed by atoms with Crippen molar-refractivity contribution in [3.05, 3.63) is 34.0 Å². The number of hydrogen-bond acceptors (Lipinski definition) is 4. The molecule has 0 bridgehead atoms. The van der Waals surface area contributed by atoms with E-state index in [2.05, 4.69) is 45.7 Å². The van der Waals surface area contributed by atoms with Crippen LogP contribution in [0.5, 0.6) is 0 Å². The molecule has 25 heavy (non-hydrogen) atoms. The van der Waals surface area contributed by atoms with E-state index in [4.69, 9.17) is 4.99 Å². The van der Waals surface area contributed by atoms with Gasteiger partial charge in [0.05, 0.1) is 23.4 Å². The van der Waals surface area contributed by atoms with E-state index in [9.17, 15) is 0 Å². The lowest BCUT2D eigenvalue weighted by atomic mass is 10.0. The standard InChI is InChI=1S/C17H26N6S.HI/c1-4-16-21-15(12-24-16)9-19-17(18-5-2)23-7-6-13(11-23)14-8-20-22(3)10-14;/h8,10,12-13H,4-7,9,11H2,1-3H3,(H,18,19);1H. The molecule has 6 nitrogen and oxygen atoms in total. The van der Waals surface area contributed by atoms with Gasteiger partial charge in [0.25, 0.3) is 0 Å². The number of nitrogens with one attached hydrogen (secondary N) is 1. The van der Waals surface area contributed by atoms with Gasteiger partial charge in [-0.15, -0.1) is 35.3 Å². The Bertz CT molecular complexity index is 695. The van der Waals surface area contributed by atoms with E-state index in [1.165, 1.54) is 10.6 Å². The van der Waals surface area contributed by atoms with Gasteiger partial charge < -0.3 is 10.2 Å². The third kappa shape index (κ3) is 5.16. The molecular weight excluding hydrogens is 447 g/mol. The Morgan fingerprint density at radius 1 is 1.44 bits per heavy atom. The number of hydrogen-bond donors (Lipinski definition) is 1. The molecule has 1 N–H and O–H groups in total. The van der Waals surface area contributed by atoms with Crippen molar-refractivity contribution >= 4 is 41.3 Å². The van der Waals surface area contributed by atoms with Gasteiger partial charge in [-0.05, 0) is 25.3 Å². The second-order valence-electron chi connectivity index (χ2n) is 6.14. The van der Waals surface area contributed by atoms with Gasteiger partial charge in [-0.1, -0.05) is 6.92 Å². The van der Waals surface area contributed by atoms with E-state index < -0.39 is 0 Å². The van der Waals surface area contributed by atoms with Crippen LogP contribution in [0.2, 0.25) is 0 Å². The number of guanidine groups is 1. The molecule has 1 fully saturated rings. The summed E-state index contributed by atoms with van der Waals surface area (Å²) < 4.78 is 1.88. The van der Waals surface area contributed by atoms with Crippen LogP contribution in [-0.4, -0.2) is 45.3 Å². The summed E-state index contributed by atoms with van der Waals surface area (Å²) >= 11 is 1.72. The number of thiazole rings is 1. The fourth-order valence-corrected chi connectivity index (χ4v) is 3.78. The zero-order valence-electron chi connectivity index (χ0n) is 15.1. The van der Waals surface area contributed by atoms with E-state index in [0.29, 0.717) is 12.5 Å². The first-order chi connectivity index (χ1) is 11.7. The third-order valence-corrected chi connectivity index (χ3v) is 5.35. The number of likely N-dealkylation sites (tertiary alicyclic amines) is 1. The van der Waals surface area contributed by atoms with Crippen molar-refractivity contribution in [2.24, 2.45) is 12.0 Å². The molecule has 0 saturated carbocycles. The van der Waals surface area contributed by atoms with Crippen molar-refractivity contribution in [3.8, 4) is 0 Å². The molecule has 8 heteroatoms. The fourth-order valence-electron chi connectivity index (χ4n) is 3.04. The van der Waals surface area contributed by atoms with Crippen molar-refractivity contribution in [1.82, 2.24) is 25.0 Å². The summed E-state index contributed by atoms with van der Waals surface area (Å²) in [7, 11) is 1.97. The maximum absolute atomic E-state index is 4.80. The Kier molecular flexibility index (Phi) is 7.67. The molecule has 2 aromatic heterocycles. The highest BCUT2D eigenvalue weighted by Crippen LogP contribution is 2.26. The van der Waals surface area contributed by atoms with E-state index >= 15 is 0 Å². The smallest absolute Gasteiger partial charge is 0.194 e. The lowest BCUT2D eigenvalue weighted by molar-refractivity contribution is 0.486. The molecule has 1 atom stereocenters. The molecule has 2 aromatic rings. The van der Waals surface area contributed by atoms with Crippen molar-refractivity contribution in [1.29, 1.82) is 0 Å². The van der Waals surface area contributed by atoms with Gasteiger partial charge in [-0.25, -0.2) is 9.98 Å². The number of aryl methyl sites for hydroxylation is 2. The van der Waals surface area contributed by atoms with E-state index in [0.717, 1.165) is 44.1 Å². The van der Waals surface area contributed by atoms with E-state index in [-0.39, 0.29) is 24.0 Å². The van der Waals surface area contributed by atoms with Crippen LogP contribution in [0.25, 0.3) is 0 Å². The van der Waals surface area contributed by atoms with Gasteiger partial charge in [-0.2, -0.15) is 5.10 Å². The minimum absolute atomic E-state index is 0. The minimum Gasteiger partial charge on any atom is -0.357 e. The van der Waals surface area contributed by atoms with Crippen LogP contribution in [0.15, 0.2) is 22.8 Å². The zero-order valence-corrected chi connectivity index (χ0v) is 18.3. The SMILES string of the molecule is CCNC(=NCc1csc(CC)n1)N1CCC(c2cnn(C)c2)C1.I. The summed E-state index contributed by atoms with van der Waals surface area (Å²) in [5.41, 5.74) is 2.39. The predicted octanol–water partition coefficient (Wildman–Crippen LogP) is 3.01. The number of aromatic nitrogens is 3. The molecule has 1 aliphatic rings. The van der Waals surface area contributed by atoms with E-state index in [1.54, 1.807) is 11.3 Å². The maximum Gasteiger partial charge on any atom is 0.194 e. The first kappa shape index (κ1) is 20.2. The van der Waals surface area contributed by atoms with Crippen LogP contribution >= 0.6 is 35.3 Å². The normalized spacial score (nSPS) is 17.6. The molecule has 138 valence electrons. The lowest BCUT2D eigenvalue weighted by Crippen LogP contribution is -2.40. The highest BCUT2D eigenvalue weighted by molar-refractivity contribution is 14.0. The van der Waals surface area contributed by atoms with Gasteiger partial charge in [0.1, 0.15) is 0 Å². The summed E-state index contributed by atoms with van der Waals surface area (Å²) in [5.74, 6) is 1.53. The summed E-state index contributed by atoms with van der Waals surface area (Å²) in [6.45, 7) is 7.80. The number of aliphatic imine (C=N–C) groups is 1. The maximum atomic E-state index is 4.80. The molecule has 3 heterocycles. The molecule has 0 amide bonds. The molecule has 1 unspecified atom stereocenters. The summed E-state index contributed by atoms with van der Waals surface area (Å²) in [4.78, 5) is 11.8. The Labute approximate surface area is 170 Å². The number of rotatable bonds is 5. The molecular formula is C17H27IN6S. The van der Waals surface area contributed by atoms with Crippen LogP contribution in [0.4, 0.5) is 0 Å². The zero-order chi connectivity index (χ0) is 16.9. The molecule has 1 saturated heterocycles. The molecule has 0 aliphatic carbocycles. The van der Waals surface area contributed by atoms with Crippen LogP contribution in [0.3, 0.4) is 0 Å². The highest BCUT2D eigenvalue weighted by atomic mass is 127.